The van der Waals surface area contributed by atoms with E-state index in [2.05, 4.69) is 5.32 Å². The highest BCUT2D eigenvalue weighted by Crippen LogP contribution is 2.22. The fourth-order valence-electron chi connectivity index (χ4n) is 3.76. The Hall–Kier alpha value is -2.58. The van der Waals surface area contributed by atoms with Crippen molar-refractivity contribution in [2.45, 2.75) is 72.0 Å². The topological polar surface area (TPSA) is 86.8 Å². The molecule has 0 saturated heterocycles. The van der Waals surface area contributed by atoms with Crippen molar-refractivity contribution in [3.05, 3.63) is 64.7 Å². The van der Waals surface area contributed by atoms with Crippen molar-refractivity contribution >= 4 is 39.1 Å². The van der Waals surface area contributed by atoms with E-state index in [-0.39, 0.29) is 37.4 Å². The van der Waals surface area contributed by atoms with Crippen molar-refractivity contribution in [3.8, 4) is 0 Å². The van der Waals surface area contributed by atoms with Gasteiger partial charge in [-0.05, 0) is 62.4 Å². The maximum absolute atomic E-state index is 13.3. The highest BCUT2D eigenvalue weighted by molar-refractivity contribution is 7.92. The molecule has 0 aliphatic heterocycles. The van der Waals surface area contributed by atoms with E-state index in [1.165, 1.54) is 9.21 Å². The molecule has 7 nitrogen and oxygen atoms in total. The van der Waals surface area contributed by atoms with Gasteiger partial charge >= 0.3 is 0 Å². The number of rotatable bonds is 13. The summed E-state index contributed by atoms with van der Waals surface area (Å²) in [7, 11) is -3.53. The number of anilines is 1. The minimum absolute atomic E-state index is 0.0142. The van der Waals surface area contributed by atoms with E-state index in [1.54, 1.807) is 25.1 Å². The molecule has 1 N–H and O–H groups in total. The third-order valence-electron chi connectivity index (χ3n) is 6.25. The first kappa shape index (κ1) is 29.6. The number of carbonyl (C=O) groups is 2. The molecule has 0 saturated carbocycles. The number of halogens is 1. The molecule has 0 radical (unpaired) electrons. The summed E-state index contributed by atoms with van der Waals surface area (Å²) >= 11 is 6.34. The number of sulfonamides is 1. The molecule has 2 rings (SSSR count). The Balaban J connectivity index is 2.18. The summed E-state index contributed by atoms with van der Waals surface area (Å²) in [6, 6.07) is 13.9. The minimum Gasteiger partial charge on any atom is -0.352 e. The molecule has 2 amide bonds. The van der Waals surface area contributed by atoms with Crippen molar-refractivity contribution in [1.82, 2.24) is 10.2 Å². The van der Waals surface area contributed by atoms with E-state index < -0.39 is 16.1 Å². The molecule has 2 atom stereocenters. The quantitative estimate of drug-likeness (QED) is 0.400. The third-order valence-corrected chi connectivity index (χ3v) is 7.81. The van der Waals surface area contributed by atoms with Gasteiger partial charge in [0, 0.05) is 30.6 Å². The van der Waals surface area contributed by atoms with Gasteiger partial charge in [-0.1, -0.05) is 55.8 Å². The van der Waals surface area contributed by atoms with Crippen LogP contribution in [0.1, 0.15) is 58.1 Å². The van der Waals surface area contributed by atoms with Crippen molar-refractivity contribution in [2.24, 2.45) is 0 Å². The Morgan fingerprint density at radius 2 is 1.67 bits per heavy atom. The lowest BCUT2D eigenvalue weighted by atomic mass is 10.1. The highest BCUT2D eigenvalue weighted by atomic mass is 35.5. The summed E-state index contributed by atoms with van der Waals surface area (Å²) in [5.74, 6) is -0.477. The predicted molar refractivity (Wildman–Crippen MR) is 147 cm³/mol. The van der Waals surface area contributed by atoms with Crippen LogP contribution in [0.3, 0.4) is 0 Å². The van der Waals surface area contributed by atoms with Crippen molar-refractivity contribution in [1.29, 1.82) is 0 Å². The van der Waals surface area contributed by atoms with E-state index >= 15 is 0 Å². The average Bonchev–Trinajstić information content (AvgIpc) is 2.84. The van der Waals surface area contributed by atoms with Gasteiger partial charge in [0.1, 0.15) is 6.04 Å². The van der Waals surface area contributed by atoms with Gasteiger partial charge < -0.3 is 10.2 Å². The van der Waals surface area contributed by atoms with Crippen LogP contribution in [-0.4, -0.2) is 50.0 Å². The number of benzene rings is 2. The molecule has 0 spiro atoms. The molecular formula is C27H38ClN3O4S. The molecule has 9 heteroatoms. The van der Waals surface area contributed by atoms with Gasteiger partial charge in [-0.15, -0.1) is 0 Å². The van der Waals surface area contributed by atoms with E-state index in [4.69, 9.17) is 11.6 Å². The molecule has 2 unspecified atom stereocenters. The summed E-state index contributed by atoms with van der Waals surface area (Å²) in [4.78, 5) is 27.7. The van der Waals surface area contributed by atoms with Gasteiger partial charge in [0.05, 0.1) is 11.9 Å². The molecule has 0 bridgehead atoms. The largest absolute Gasteiger partial charge is 0.352 e. The van der Waals surface area contributed by atoms with Crippen molar-refractivity contribution < 1.29 is 18.0 Å². The van der Waals surface area contributed by atoms with Gasteiger partial charge in [0.2, 0.25) is 21.8 Å². The number of aryl methyl sites for hydroxylation is 1. The average molecular weight is 536 g/mol. The van der Waals surface area contributed by atoms with Crippen LogP contribution in [0.25, 0.3) is 0 Å². The van der Waals surface area contributed by atoms with Crippen LogP contribution in [0.5, 0.6) is 0 Å². The maximum atomic E-state index is 13.3. The Morgan fingerprint density at radius 1 is 1.03 bits per heavy atom. The zero-order valence-electron chi connectivity index (χ0n) is 21.8. The SMILES string of the molecule is CCc1ccc(N(CCCC(=O)N(Cc2ccccc2Cl)C(C)C(=O)NC(C)CC)S(C)(=O)=O)cc1. The second-order valence-corrected chi connectivity index (χ2v) is 11.4. The Labute approximate surface area is 220 Å². The fourth-order valence-corrected chi connectivity index (χ4v) is 4.92. The van der Waals surface area contributed by atoms with Gasteiger partial charge in [-0.2, -0.15) is 0 Å². The number of nitrogens with one attached hydrogen (secondary N) is 1. The Morgan fingerprint density at radius 3 is 2.22 bits per heavy atom. The summed E-state index contributed by atoms with van der Waals surface area (Å²) in [6.07, 6.45) is 3.19. The molecule has 0 aliphatic carbocycles. The van der Waals surface area contributed by atoms with Gasteiger partial charge in [0.25, 0.3) is 0 Å². The van der Waals surface area contributed by atoms with Crippen LogP contribution in [0.4, 0.5) is 5.69 Å². The maximum Gasteiger partial charge on any atom is 0.242 e. The van der Waals surface area contributed by atoms with Gasteiger partial charge in [-0.3, -0.25) is 13.9 Å². The number of carbonyl (C=O) groups excluding carboxylic acids is 2. The summed E-state index contributed by atoms with van der Waals surface area (Å²) in [5.41, 5.74) is 2.42. The van der Waals surface area contributed by atoms with Crippen LogP contribution in [-0.2, 0) is 32.6 Å². The lowest BCUT2D eigenvalue weighted by molar-refractivity contribution is -0.140. The predicted octanol–water partition coefficient (Wildman–Crippen LogP) is 4.78. The second-order valence-electron chi connectivity index (χ2n) is 9.07. The first-order chi connectivity index (χ1) is 17.0. The summed E-state index contributed by atoms with van der Waals surface area (Å²) < 4.78 is 26.2. The second kappa shape index (κ2) is 13.7. The Kier molecular flexibility index (Phi) is 11.2. The lowest BCUT2D eigenvalue weighted by Crippen LogP contribution is -2.49. The number of hydrogen-bond acceptors (Lipinski definition) is 4. The van der Waals surface area contributed by atoms with Crippen LogP contribution in [0, 0.1) is 0 Å². The van der Waals surface area contributed by atoms with Crippen molar-refractivity contribution in [2.75, 3.05) is 17.1 Å². The standard InChI is InChI=1S/C27H38ClN3O4S/c1-6-20(3)29-27(33)21(4)30(19-23-11-8-9-12-25(23)28)26(32)13-10-18-31(36(5,34)35)24-16-14-22(7-2)15-17-24/h8-9,11-12,14-17,20-21H,6-7,10,13,18-19H2,1-5H3,(H,29,33). The first-order valence-electron chi connectivity index (χ1n) is 12.4. The number of amides is 2. The van der Waals surface area contributed by atoms with Crippen LogP contribution in [0.2, 0.25) is 5.02 Å². The zero-order valence-corrected chi connectivity index (χ0v) is 23.4. The molecular weight excluding hydrogens is 498 g/mol. The van der Waals surface area contributed by atoms with Crippen LogP contribution >= 0.6 is 11.6 Å². The van der Waals surface area contributed by atoms with E-state index in [1.807, 2.05) is 51.1 Å². The smallest absolute Gasteiger partial charge is 0.242 e. The molecule has 36 heavy (non-hydrogen) atoms. The summed E-state index contributed by atoms with van der Waals surface area (Å²) in [5, 5.41) is 3.45. The molecule has 198 valence electrons. The normalized spacial score (nSPS) is 13.1. The monoisotopic (exact) mass is 535 g/mol. The number of nitrogens with zero attached hydrogens (tertiary/aromatic N) is 2. The molecule has 2 aromatic rings. The molecule has 0 fully saturated rings. The highest BCUT2D eigenvalue weighted by Gasteiger charge is 2.27. The number of hydrogen-bond donors (Lipinski definition) is 1. The Bertz CT molecular complexity index is 1120. The molecule has 0 aromatic heterocycles. The van der Waals surface area contributed by atoms with Gasteiger partial charge in [0.15, 0.2) is 0 Å². The third kappa shape index (κ3) is 8.52. The zero-order chi connectivity index (χ0) is 26.9. The van der Waals surface area contributed by atoms with E-state index in [9.17, 15) is 18.0 Å². The van der Waals surface area contributed by atoms with Gasteiger partial charge in [-0.25, -0.2) is 8.42 Å². The van der Waals surface area contributed by atoms with E-state index in [0.717, 1.165) is 30.2 Å². The first-order valence-corrected chi connectivity index (χ1v) is 14.6. The van der Waals surface area contributed by atoms with Crippen molar-refractivity contribution in [3.63, 3.8) is 0 Å². The van der Waals surface area contributed by atoms with Crippen LogP contribution < -0.4 is 9.62 Å². The molecule has 0 aliphatic rings. The minimum atomic E-state index is -3.53. The van der Waals surface area contributed by atoms with Crippen LogP contribution in [0.15, 0.2) is 48.5 Å². The van der Waals surface area contributed by atoms with E-state index in [0.29, 0.717) is 17.1 Å². The fraction of sp³-hybridized carbons (Fsp3) is 0.481. The molecule has 0 heterocycles. The summed E-state index contributed by atoms with van der Waals surface area (Å²) in [6.45, 7) is 7.96. The molecule has 2 aromatic carbocycles. The lowest BCUT2D eigenvalue weighted by Gasteiger charge is -2.30.